The summed E-state index contributed by atoms with van der Waals surface area (Å²) in [5.41, 5.74) is 0. The topological polar surface area (TPSA) is 57.6 Å². The quantitative estimate of drug-likeness (QED) is 0.650. The first-order valence-corrected chi connectivity index (χ1v) is 4.50. The summed E-state index contributed by atoms with van der Waals surface area (Å²) in [6.07, 6.45) is 0.788. The van der Waals surface area contributed by atoms with E-state index in [-0.39, 0.29) is 11.8 Å². The highest BCUT2D eigenvalue weighted by molar-refractivity contribution is 5.76. The van der Waals surface area contributed by atoms with Gasteiger partial charge >= 0.3 is 5.97 Å². The molecule has 2 unspecified atom stereocenters. The summed E-state index contributed by atoms with van der Waals surface area (Å²) in [4.78, 5) is 23.4. The van der Waals surface area contributed by atoms with E-state index >= 15 is 0 Å². The molecule has 0 bridgehead atoms. The van der Waals surface area contributed by atoms with Crippen LogP contribution in [0.5, 0.6) is 0 Å². The lowest BCUT2D eigenvalue weighted by Gasteiger charge is -2.34. The van der Waals surface area contributed by atoms with Gasteiger partial charge in [-0.2, -0.15) is 0 Å². The van der Waals surface area contributed by atoms with Gasteiger partial charge < -0.3 is 10.0 Å². The molecule has 1 aliphatic rings. The van der Waals surface area contributed by atoms with Crippen LogP contribution in [0.25, 0.3) is 0 Å². The molecule has 0 aromatic rings. The lowest BCUT2D eigenvalue weighted by atomic mass is 9.87. The van der Waals surface area contributed by atoms with E-state index in [0.29, 0.717) is 13.1 Å². The Hall–Kier alpha value is -1.06. The number of likely N-dealkylation sites (tertiary alicyclic amines) is 1. The first kappa shape index (κ1) is 10.0. The summed E-state index contributed by atoms with van der Waals surface area (Å²) in [6, 6.07) is 0. The zero-order valence-corrected chi connectivity index (χ0v) is 7.99. The van der Waals surface area contributed by atoms with E-state index in [1.807, 2.05) is 6.92 Å². The molecular weight excluding hydrogens is 170 g/mol. The molecule has 4 heteroatoms. The van der Waals surface area contributed by atoms with Gasteiger partial charge in [0.05, 0.1) is 5.92 Å². The minimum absolute atomic E-state index is 0.0295. The van der Waals surface area contributed by atoms with Gasteiger partial charge in [0, 0.05) is 20.0 Å². The molecule has 1 fully saturated rings. The third-order valence-electron chi connectivity index (χ3n) is 2.72. The molecule has 1 saturated heterocycles. The molecule has 0 aliphatic carbocycles. The molecule has 2 atom stereocenters. The minimum Gasteiger partial charge on any atom is -0.481 e. The molecule has 1 rings (SSSR count). The van der Waals surface area contributed by atoms with Gasteiger partial charge in [0.1, 0.15) is 0 Å². The van der Waals surface area contributed by atoms with Crippen molar-refractivity contribution in [3.05, 3.63) is 0 Å². The third kappa shape index (κ3) is 2.20. The number of carbonyl (C=O) groups is 2. The summed E-state index contributed by atoms with van der Waals surface area (Å²) in [6.45, 7) is 4.47. The number of carbonyl (C=O) groups excluding carboxylic acids is 1. The molecule has 0 spiro atoms. The number of piperidine rings is 1. The monoisotopic (exact) mass is 185 g/mol. The highest BCUT2D eigenvalue weighted by Crippen LogP contribution is 2.23. The number of carboxylic acids is 1. The van der Waals surface area contributed by atoms with Gasteiger partial charge in [0.15, 0.2) is 0 Å². The molecule has 0 radical (unpaired) electrons. The van der Waals surface area contributed by atoms with Crippen molar-refractivity contribution in [1.82, 2.24) is 4.90 Å². The van der Waals surface area contributed by atoms with Crippen LogP contribution in [0.15, 0.2) is 0 Å². The van der Waals surface area contributed by atoms with Crippen LogP contribution in [0.4, 0.5) is 0 Å². The number of aliphatic carboxylic acids is 1. The van der Waals surface area contributed by atoms with Gasteiger partial charge in [-0.15, -0.1) is 0 Å². The van der Waals surface area contributed by atoms with E-state index in [1.165, 1.54) is 6.92 Å². The van der Waals surface area contributed by atoms with Crippen LogP contribution < -0.4 is 0 Å². The Kier molecular flexibility index (Phi) is 2.90. The lowest BCUT2D eigenvalue weighted by molar-refractivity contribution is -0.147. The van der Waals surface area contributed by atoms with E-state index < -0.39 is 11.9 Å². The maximum absolute atomic E-state index is 11.0. The lowest BCUT2D eigenvalue weighted by Crippen LogP contribution is -2.44. The Bertz CT molecular complexity index is 227. The van der Waals surface area contributed by atoms with Crippen molar-refractivity contribution in [3.63, 3.8) is 0 Å². The highest BCUT2D eigenvalue weighted by atomic mass is 16.4. The molecule has 1 heterocycles. The van der Waals surface area contributed by atoms with Crippen LogP contribution >= 0.6 is 0 Å². The Balaban J connectivity index is 2.63. The summed E-state index contributed by atoms with van der Waals surface area (Å²) in [7, 11) is 0. The Labute approximate surface area is 77.5 Å². The van der Waals surface area contributed by atoms with Crippen molar-refractivity contribution in [2.24, 2.45) is 11.8 Å². The van der Waals surface area contributed by atoms with E-state index in [0.717, 1.165) is 6.42 Å². The fraction of sp³-hybridized carbons (Fsp3) is 0.778. The fourth-order valence-corrected chi connectivity index (χ4v) is 1.68. The van der Waals surface area contributed by atoms with Crippen molar-refractivity contribution in [3.8, 4) is 0 Å². The number of nitrogens with zero attached hydrogens (tertiary/aromatic N) is 1. The normalized spacial score (nSPS) is 28.6. The Morgan fingerprint density at radius 1 is 1.46 bits per heavy atom. The second-order valence-electron chi connectivity index (χ2n) is 3.68. The largest absolute Gasteiger partial charge is 0.481 e. The van der Waals surface area contributed by atoms with E-state index in [2.05, 4.69) is 0 Å². The van der Waals surface area contributed by atoms with Crippen molar-refractivity contribution >= 4 is 11.9 Å². The maximum Gasteiger partial charge on any atom is 0.308 e. The van der Waals surface area contributed by atoms with E-state index in [1.54, 1.807) is 4.90 Å². The summed E-state index contributed by atoms with van der Waals surface area (Å²) in [5.74, 6) is -1.04. The predicted molar refractivity (Wildman–Crippen MR) is 47.2 cm³/mol. The van der Waals surface area contributed by atoms with Gasteiger partial charge in [0.2, 0.25) is 5.91 Å². The van der Waals surface area contributed by atoms with Crippen LogP contribution in [0, 0.1) is 11.8 Å². The molecule has 1 aliphatic heterocycles. The third-order valence-corrected chi connectivity index (χ3v) is 2.72. The maximum atomic E-state index is 11.0. The van der Waals surface area contributed by atoms with Gasteiger partial charge in [0.25, 0.3) is 0 Å². The molecule has 1 amide bonds. The van der Waals surface area contributed by atoms with Crippen molar-refractivity contribution in [2.75, 3.05) is 13.1 Å². The Morgan fingerprint density at radius 3 is 2.54 bits per heavy atom. The van der Waals surface area contributed by atoms with Gasteiger partial charge in [-0.1, -0.05) is 6.92 Å². The SMILES string of the molecule is CC(=O)N1CCC(C)C(C(=O)O)C1. The van der Waals surface area contributed by atoms with Crippen LogP contribution in [-0.2, 0) is 9.59 Å². The van der Waals surface area contributed by atoms with Crippen molar-refractivity contribution in [1.29, 1.82) is 0 Å². The predicted octanol–water partition coefficient (Wildman–Crippen LogP) is 0.575. The summed E-state index contributed by atoms with van der Waals surface area (Å²) >= 11 is 0. The second kappa shape index (κ2) is 3.77. The fourth-order valence-electron chi connectivity index (χ4n) is 1.68. The zero-order valence-electron chi connectivity index (χ0n) is 7.99. The number of amides is 1. The van der Waals surface area contributed by atoms with Gasteiger partial charge in [-0.25, -0.2) is 0 Å². The van der Waals surface area contributed by atoms with Crippen LogP contribution in [-0.4, -0.2) is 35.0 Å². The summed E-state index contributed by atoms with van der Waals surface area (Å²) in [5, 5.41) is 8.87. The van der Waals surface area contributed by atoms with Crippen LogP contribution in [0.3, 0.4) is 0 Å². The molecule has 0 aromatic heterocycles. The number of hydrogen-bond donors (Lipinski definition) is 1. The average Bonchev–Trinajstić information content (AvgIpc) is 2.04. The molecule has 0 saturated carbocycles. The second-order valence-corrected chi connectivity index (χ2v) is 3.68. The standard InChI is InChI=1S/C9H15NO3/c1-6-3-4-10(7(2)11)5-8(6)9(12)13/h6,8H,3-5H2,1-2H3,(H,12,13). The molecular formula is C9H15NO3. The molecule has 4 nitrogen and oxygen atoms in total. The first-order valence-electron chi connectivity index (χ1n) is 4.50. The van der Waals surface area contributed by atoms with Crippen molar-refractivity contribution in [2.45, 2.75) is 20.3 Å². The average molecular weight is 185 g/mol. The van der Waals surface area contributed by atoms with E-state index in [9.17, 15) is 9.59 Å². The first-order chi connectivity index (χ1) is 6.02. The molecule has 13 heavy (non-hydrogen) atoms. The smallest absolute Gasteiger partial charge is 0.308 e. The highest BCUT2D eigenvalue weighted by Gasteiger charge is 2.32. The molecule has 74 valence electrons. The van der Waals surface area contributed by atoms with Gasteiger partial charge in [-0.05, 0) is 12.3 Å². The van der Waals surface area contributed by atoms with Crippen LogP contribution in [0.2, 0.25) is 0 Å². The molecule has 0 aromatic carbocycles. The zero-order chi connectivity index (χ0) is 10.0. The van der Waals surface area contributed by atoms with Crippen molar-refractivity contribution < 1.29 is 14.7 Å². The Morgan fingerprint density at radius 2 is 2.08 bits per heavy atom. The van der Waals surface area contributed by atoms with E-state index in [4.69, 9.17) is 5.11 Å². The number of hydrogen-bond acceptors (Lipinski definition) is 2. The summed E-state index contributed by atoms with van der Waals surface area (Å²) < 4.78 is 0. The number of carboxylic acid groups (broad SMARTS) is 1. The van der Waals surface area contributed by atoms with Crippen LogP contribution in [0.1, 0.15) is 20.3 Å². The van der Waals surface area contributed by atoms with Gasteiger partial charge in [-0.3, -0.25) is 9.59 Å². The number of rotatable bonds is 1. The molecule has 1 N–H and O–H groups in total. The minimum atomic E-state index is -0.793.